The Bertz CT molecular complexity index is 898. The second kappa shape index (κ2) is 12.8. The summed E-state index contributed by atoms with van der Waals surface area (Å²) in [5.41, 5.74) is 3.10. The van der Waals surface area contributed by atoms with Gasteiger partial charge in [-0.05, 0) is 53.9 Å². The predicted octanol–water partition coefficient (Wildman–Crippen LogP) is 0.657. The number of benzene rings is 3. The Labute approximate surface area is 189 Å². The largest absolute Gasteiger partial charge is 1.00 e. The molecule has 0 aliphatic heterocycles. The number of carbonyl (C=O) groups excluding carboxylic acids is 1. The SMILES string of the molecule is COc1cccc(CCC[NH2+]CC(=O)c2ccc(OCc3ccccc3)cc2)c1.[Br-]. The number of ether oxygens (including phenoxy) is 2. The lowest BCUT2D eigenvalue weighted by Crippen LogP contribution is -3.00. The van der Waals surface area contributed by atoms with E-state index in [0.717, 1.165) is 42.0 Å². The van der Waals surface area contributed by atoms with Crippen LogP contribution in [-0.4, -0.2) is 26.0 Å². The summed E-state index contributed by atoms with van der Waals surface area (Å²) in [7, 11) is 1.68. The number of rotatable bonds is 11. The molecular weight excluding hydrogens is 442 g/mol. The number of Topliss-reactive ketones (excluding diaryl/α,β-unsaturated/α-hetero) is 1. The highest BCUT2D eigenvalue weighted by Crippen LogP contribution is 2.15. The molecule has 3 aromatic rings. The van der Waals surface area contributed by atoms with Gasteiger partial charge in [0, 0.05) is 12.0 Å². The zero-order chi connectivity index (χ0) is 20.3. The van der Waals surface area contributed by atoms with Crippen LogP contribution in [-0.2, 0) is 13.0 Å². The minimum absolute atomic E-state index is 0. The third-order valence-corrected chi connectivity index (χ3v) is 4.76. The number of halogens is 1. The van der Waals surface area contributed by atoms with Gasteiger partial charge in [0.15, 0.2) is 0 Å². The molecule has 30 heavy (non-hydrogen) atoms. The molecule has 0 heterocycles. The first kappa shape index (κ1) is 23.6. The minimum atomic E-state index is 0. The molecule has 0 radical (unpaired) electrons. The van der Waals surface area contributed by atoms with Gasteiger partial charge in [-0.2, -0.15) is 0 Å². The lowest BCUT2D eigenvalue weighted by molar-refractivity contribution is -0.643. The van der Waals surface area contributed by atoms with Crippen LogP contribution in [0.25, 0.3) is 0 Å². The van der Waals surface area contributed by atoms with Crippen LogP contribution in [0.5, 0.6) is 11.5 Å². The Morgan fingerprint density at radius 2 is 1.60 bits per heavy atom. The van der Waals surface area contributed by atoms with Gasteiger partial charge in [-0.25, -0.2) is 0 Å². The van der Waals surface area contributed by atoms with Crippen LogP contribution >= 0.6 is 0 Å². The summed E-state index contributed by atoms with van der Waals surface area (Å²) < 4.78 is 11.0. The van der Waals surface area contributed by atoms with Crippen molar-refractivity contribution in [3.63, 3.8) is 0 Å². The van der Waals surface area contributed by atoms with Gasteiger partial charge >= 0.3 is 0 Å². The number of hydrogen-bond donors (Lipinski definition) is 1. The van der Waals surface area contributed by atoms with E-state index in [9.17, 15) is 4.79 Å². The average Bonchev–Trinajstić information content (AvgIpc) is 2.78. The molecule has 0 atom stereocenters. The first-order chi connectivity index (χ1) is 14.2. The fourth-order valence-electron chi connectivity index (χ4n) is 3.11. The highest BCUT2D eigenvalue weighted by Gasteiger charge is 2.08. The Hall–Kier alpha value is -2.63. The summed E-state index contributed by atoms with van der Waals surface area (Å²) in [6.45, 7) is 1.90. The van der Waals surface area contributed by atoms with Crippen molar-refractivity contribution in [1.29, 1.82) is 0 Å². The van der Waals surface area contributed by atoms with Crippen molar-refractivity contribution in [2.75, 3.05) is 20.2 Å². The lowest BCUT2D eigenvalue weighted by atomic mass is 10.1. The zero-order valence-electron chi connectivity index (χ0n) is 17.2. The maximum Gasteiger partial charge on any atom is 0.216 e. The smallest absolute Gasteiger partial charge is 0.216 e. The number of nitrogens with two attached hydrogens (primary N) is 1. The van der Waals surface area contributed by atoms with Crippen LogP contribution in [0.4, 0.5) is 0 Å². The molecule has 4 nitrogen and oxygen atoms in total. The predicted molar refractivity (Wildman–Crippen MR) is 115 cm³/mol. The molecule has 0 fully saturated rings. The van der Waals surface area contributed by atoms with E-state index in [1.54, 1.807) is 7.11 Å². The zero-order valence-corrected chi connectivity index (χ0v) is 18.8. The molecule has 3 aromatic carbocycles. The summed E-state index contributed by atoms with van der Waals surface area (Å²) in [6, 6.07) is 25.6. The molecule has 0 amide bonds. The normalized spacial score (nSPS) is 10.2. The van der Waals surface area contributed by atoms with Crippen molar-refractivity contribution in [2.24, 2.45) is 0 Å². The maximum absolute atomic E-state index is 12.4. The van der Waals surface area contributed by atoms with Crippen LogP contribution in [0.1, 0.15) is 27.9 Å². The average molecular weight is 470 g/mol. The van der Waals surface area contributed by atoms with Crippen LogP contribution in [0.3, 0.4) is 0 Å². The van der Waals surface area contributed by atoms with Crippen LogP contribution in [0.15, 0.2) is 78.9 Å². The molecular formula is C25H28BrNO3. The number of methoxy groups -OCH3 is 1. The van der Waals surface area contributed by atoms with Gasteiger partial charge in [0.05, 0.1) is 13.7 Å². The first-order valence-electron chi connectivity index (χ1n) is 9.99. The van der Waals surface area contributed by atoms with Gasteiger partial charge in [-0.1, -0.05) is 42.5 Å². The molecule has 0 aromatic heterocycles. The van der Waals surface area contributed by atoms with Crippen LogP contribution < -0.4 is 31.8 Å². The number of aryl methyl sites for hydroxylation is 1. The van der Waals surface area contributed by atoms with Gasteiger partial charge < -0.3 is 31.8 Å². The van der Waals surface area contributed by atoms with E-state index in [1.165, 1.54) is 5.56 Å². The highest BCUT2D eigenvalue weighted by atomic mass is 79.9. The molecule has 0 saturated heterocycles. The molecule has 0 bridgehead atoms. The maximum atomic E-state index is 12.4. The van der Waals surface area contributed by atoms with E-state index < -0.39 is 0 Å². The van der Waals surface area contributed by atoms with Gasteiger partial charge in [-0.15, -0.1) is 0 Å². The second-order valence-corrected chi connectivity index (χ2v) is 6.96. The molecule has 0 saturated carbocycles. The van der Waals surface area contributed by atoms with Gasteiger partial charge in [0.25, 0.3) is 0 Å². The van der Waals surface area contributed by atoms with Crippen molar-refractivity contribution in [2.45, 2.75) is 19.4 Å². The molecule has 0 spiro atoms. The quantitative estimate of drug-likeness (QED) is 0.331. The van der Waals surface area contributed by atoms with Crippen LogP contribution in [0.2, 0.25) is 0 Å². The minimum Gasteiger partial charge on any atom is -1.00 e. The van der Waals surface area contributed by atoms with E-state index in [0.29, 0.717) is 13.2 Å². The Balaban J connectivity index is 0.00000320. The molecule has 5 heteroatoms. The molecule has 0 aliphatic rings. The Morgan fingerprint density at radius 1 is 0.867 bits per heavy atom. The summed E-state index contributed by atoms with van der Waals surface area (Å²) in [4.78, 5) is 12.4. The van der Waals surface area contributed by atoms with Crippen molar-refractivity contribution in [3.8, 4) is 11.5 Å². The molecule has 158 valence electrons. The van der Waals surface area contributed by atoms with Gasteiger partial charge in [0.1, 0.15) is 24.7 Å². The third kappa shape index (κ3) is 7.65. The fourth-order valence-corrected chi connectivity index (χ4v) is 3.11. The van der Waals surface area contributed by atoms with E-state index in [2.05, 4.69) is 17.4 Å². The second-order valence-electron chi connectivity index (χ2n) is 6.96. The highest BCUT2D eigenvalue weighted by molar-refractivity contribution is 5.96. The molecule has 0 aliphatic carbocycles. The van der Waals surface area contributed by atoms with Gasteiger partial charge in [-0.3, -0.25) is 4.79 Å². The molecule has 3 rings (SSSR count). The molecule has 2 N–H and O–H groups in total. The summed E-state index contributed by atoms with van der Waals surface area (Å²) in [6.07, 6.45) is 2.00. The molecule has 0 unspecified atom stereocenters. The summed E-state index contributed by atoms with van der Waals surface area (Å²) in [5.74, 6) is 1.80. The van der Waals surface area contributed by atoms with E-state index in [4.69, 9.17) is 9.47 Å². The lowest BCUT2D eigenvalue weighted by Gasteiger charge is -2.07. The van der Waals surface area contributed by atoms with Crippen molar-refractivity contribution >= 4 is 5.78 Å². The summed E-state index contributed by atoms with van der Waals surface area (Å²) >= 11 is 0. The van der Waals surface area contributed by atoms with Crippen molar-refractivity contribution < 1.29 is 36.6 Å². The van der Waals surface area contributed by atoms with Crippen LogP contribution in [0, 0.1) is 0 Å². The first-order valence-corrected chi connectivity index (χ1v) is 9.99. The number of carbonyl (C=O) groups is 1. The Kier molecular flexibility index (Phi) is 10.1. The number of ketones is 1. The van der Waals surface area contributed by atoms with E-state index in [1.807, 2.05) is 66.7 Å². The number of quaternary nitrogens is 1. The summed E-state index contributed by atoms with van der Waals surface area (Å²) in [5, 5.41) is 2.07. The Morgan fingerprint density at radius 3 is 2.33 bits per heavy atom. The van der Waals surface area contributed by atoms with E-state index >= 15 is 0 Å². The third-order valence-electron chi connectivity index (χ3n) is 4.76. The van der Waals surface area contributed by atoms with Crippen molar-refractivity contribution in [1.82, 2.24) is 0 Å². The number of hydrogen-bond acceptors (Lipinski definition) is 3. The van der Waals surface area contributed by atoms with Crippen molar-refractivity contribution in [3.05, 3.63) is 95.6 Å². The monoisotopic (exact) mass is 469 g/mol. The standard InChI is InChI=1S/C25H27NO3.BrH/c1-28-24-11-5-9-20(17-24)10-6-16-26-18-25(27)22-12-14-23(15-13-22)29-19-21-7-3-2-4-8-21;/h2-5,7-9,11-15,17,26H,6,10,16,18-19H2,1H3;1H. The topological polar surface area (TPSA) is 52.1 Å². The van der Waals surface area contributed by atoms with E-state index in [-0.39, 0.29) is 22.8 Å². The van der Waals surface area contributed by atoms with Gasteiger partial charge in [0.2, 0.25) is 5.78 Å². The fraction of sp³-hybridized carbons (Fsp3) is 0.240.